The van der Waals surface area contributed by atoms with E-state index in [1.165, 1.54) is 29.7 Å². The Morgan fingerprint density at radius 1 is 0.911 bits per heavy atom. The number of thiazole rings is 1. The van der Waals surface area contributed by atoms with Crippen molar-refractivity contribution in [2.45, 2.75) is 25.7 Å². The highest BCUT2D eigenvalue weighted by atomic mass is 32.1. The second-order valence-corrected chi connectivity index (χ2v) is 10.5. The molecule has 3 N–H and O–H groups in total. The summed E-state index contributed by atoms with van der Waals surface area (Å²) >= 11 is 1.54. The Kier molecular flexibility index (Phi) is 8.94. The Morgan fingerprint density at radius 2 is 1.69 bits per heavy atom. The van der Waals surface area contributed by atoms with Gasteiger partial charge in [-0.15, -0.1) is 0 Å². The molecule has 3 heterocycles. The summed E-state index contributed by atoms with van der Waals surface area (Å²) in [5.74, 6) is 0.708. The van der Waals surface area contributed by atoms with Crippen molar-refractivity contribution in [3.8, 4) is 27.8 Å². The molecule has 2 aromatic carbocycles. The molecule has 0 atom stereocenters. The van der Waals surface area contributed by atoms with Crippen LogP contribution in [0.2, 0.25) is 0 Å². The van der Waals surface area contributed by atoms with Gasteiger partial charge in [-0.1, -0.05) is 18.3 Å². The number of carbonyl (C=O) groups excluding carboxylic acids is 1. The molecule has 0 aliphatic heterocycles. The Labute approximate surface area is 255 Å². The van der Waals surface area contributed by atoms with Gasteiger partial charge >= 0.3 is 18.4 Å². The molecule has 5 rings (SSSR count). The lowest BCUT2D eigenvalue weighted by Gasteiger charge is -2.15. The third-order valence-corrected chi connectivity index (χ3v) is 7.09. The predicted octanol–water partition coefficient (Wildman–Crippen LogP) is 8.69. The standard InChI is InChI=1S/C29H23F6N7O2S/c1-2-12-36-27-38-16-23(45-27)17-3-7-20(8-4-17)44-25-10-6-19(15-37-25)39-26(43)40-21-14-18(28(30,31)32)5-9-22(21)42-13-11-24(41-42)29(33,34)35/h3-11,13-16H,2,12H2,1H3,(H,36,38)(H2,39,40,43). The van der Waals surface area contributed by atoms with Crippen LogP contribution in [-0.4, -0.2) is 32.3 Å². The molecule has 0 spiro atoms. The van der Waals surface area contributed by atoms with Crippen LogP contribution in [0.3, 0.4) is 0 Å². The van der Waals surface area contributed by atoms with Gasteiger partial charge in [0.1, 0.15) is 5.75 Å². The first-order valence-corrected chi connectivity index (χ1v) is 14.1. The summed E-state index contributed by atoms with van der Waals surface area (Å²) in [6, 6.07) is 12.1. The summed E-state index contributed by atoms with van der Waals surface area (Å²) < 4.78 is 85.6. The molecular formula is C29H23F6N7O2S. The fourth-order valence-corrected chi connectivity index (χ4v) is 4.80. The number of hydrogen-bond acceptors (Lipinski definition) is 7. The number of rotatable bonds is 9. The van der Waals surface area contributed by atoms with Crippen molar-refractivity contribution in [3.63, 3.8) is 0 Å². The topological polar surface area (TPSA) is 106 Å². The van der Waals surface area contributed by atoms with Crippen molar-refractivity contribution in [1.82, 2.24) is 19.7 Å². The Bertz CT molecular complexity index is 1770. The number of benzene rings is 2. The second kappa shape index (κ2) is 12.9. The number of urea groups is 1. The van der Waals surface area contributed by atoms with Crippen LogP contribution >= 0.6 is 11.3 Å². The van der Waals surface area contributed by atoms with E-state index in [9.17, 15) is 31.1 Å². The number of nitrogens with zero attached hydrogens (tertiary/aromatic N) is 4. The lowest BCUT2D eigenvalue weighted by atomic mass is 10.1. The zero-order valence-corrected chi connectivity index (χ0v) is 24.0. The van der Waals surface area contributed by atoms with Gasteiger partial charge in [-0.05, 0) is 66.6 Å². The normalized spacial score (nSPS) is 11.7. The molecule has 0 bridgehead atoms. The molecule has 0 radical (unpaired) electrons. The van der Waals surface area contributed by atoms with E-state index in [1.54, 1.807) is 18.3 Å². The monoisotopic (exact) mass is 647 g/mol. The summed E-state index contributed by atoms with van der Waals surface area (Å²) in [6.07, 6.45) is -4.58. The maximum absolute atomic E-state index is 13.4. The molecule has 0 saturated heterocycles. The van der Waals surface area contributed by atoms with Crippen LogP contribution in [-0.2, 0) is 12.4 Å². The van der Waals surface area contributed by atoms with Crippen molar-refractivity contribution in [2.24, 2.45) is 0 Å². The third kappa shape index (κ3) is 7.89. The third-order valence-electron chi connectivity index (χ3n) is 6.09. The zero-order chi connectivity index (χ0) is 32.2. The number of hydrogen-bond donors (Lipinski definition) is 3. The van der Waals surface area contributed by atoms with Crippen molar-refractivity contribution in [2.75, 3.05) is 22.5 Å². The lowest BCUT2D eigenvalue weighted by molar-refractivity contribution is -0.141. The van der Waals surface area contributed by atoms with Gasteiger partial charge in [0, 0.05) is 25.0 Å². The van der Waals surface area contributed by atoms with Gasteiger partial charge in [0.15, 0.2) is 10.8 Å². The molecule has 0 aliphatic carbocycles. The molecule has 3 aromatic heterocycles. The largest absolute Gasteiger partial charge is 0.439 e. The molecule has 9 nitrogen and oxygen atoms in total. The van der Waals surface area contributed by atoms with Gasteiger partial charge in [0.2, 0.25) is 5.88 Å². The average Bonchev–Trinajstić information content (AvgIpc) is 3.68. The van der Waals surface area contributed by atoms with Crippen molar-refractivity contribution in [3.05, 3.63) is 90.5 Å². The van der Waals surface area contributed by atoms with Gasteiger partial charge in [-0.25, -0.2) is 19.4 Å². The number of pyridine rings is 1. The number of amides is 2. The van der Waals surface area contributed by atoms with Crippen LogP contribution in [0.15, 0.2) is 79.3 Å². The molecular weight excluding hydrogens is 624 g/mol. The lowest BCUT2D eigenvalue weighted by Crippen LogP contribution is -2.21. The highest BCUT2D eigenvalue weighted by Gasteiger charge is 2.34. The molecule has 0 unspecified atom stereocenters. The zero-order valence-electron chi connectivity index (χ0n) is 23.2. The van der Waals surface area contributed by atoms with Gasteiger partial charge < -0.3 is 20.7 Å². The smallest absolute Gasteiger partial charge is 0.435 e. The van der Waals surface area contributed by atoms with E-state index in [0.29, 0.717) is 23.9 Å². The highest BCUT2D eigenvalue weighted by molar-refractivity contribution is 7.18. The summed E-state index contributed by atoms with van der Waals surface area (Å²) in [7, 11) is 0. The first kappa shape index (κ1) is 31.3. The molecule has 0 saturated carbocycles. The molecule has 234 valence electrons. The fourth-order valence-electron chi connectivity index (χ4n) is 3.95. The number of anilines is 3. The van der Waals surface area contributed by atoms with Gasteiger partial charge in [-0.3, -0.25) is 0 Å². The first-order valence-electron chi connectivity index (χ1n) is 13.3. The first-order chi connectivity index (χ1) is 21.4. The molecule has 0 fully saturated rings. The Hall–Kier alpha value is -5.12. The summed E-state index contributed by atoms with van der Waals surface area (Å²) in [5.41, 5.74) is -1.90. The summed E-state index contributed by atoms with van der Waals surface area (Å²) in [5, 5.41) is 12.1. The Balaban J connectivity index is 1.24. The van der Waals surface area contributed by atoms with E-state index in [4.69, 9.17) is 4.74 Å². The summed E-state index contributed by atoms with van der Waals surface area (Å²) in [6.45, 7) is 2.91. The number of carbonyl (C=O) groups is 1. The minimum atomic E-state index is -4.77. The minimum absolute atomic E-state index is 0.167. The molecule has 45 heavy (non-hydrogen) atoms. The van der Waals surface area contributed by atoms with E-state index in [0.717, 1.165) is 45.5 Å². The van der Waals surface area contributed by atoms with Crippen LogP contribution < -0.4 is 20.7 Å². The molecule has 2 amide bonds. The van der Waals surface area contributed by atoms with E-state index < -0.39 is 35.3 Å². The average molecular weight is 648 g/mol. The van der Waals surface area contributed by atoms with Crippen LogP contribution in [0, 0.1) is 0 Å². The molecule has 0 aliphatic rings. The fraction of sp³-hybridized carbons (Fsp3) is 0.172. The number of nitrogens with one attached hydrogen (secondary N) is 3. The van der Waals surface area contributed by atoms with Crippen molar-refractivity contribution < 1.29 is 35.9 Å². The van der Waals surface area contributed by atoms with E-state index in [1.807, 2.05) is 12.1 Å². The van der Waals surface area contributed by atoms with E-state index in [-0.39, 0.29) is 17.3 Å². The van der Waals surface area contributed by atoms with Gasteiger partial charge in [0.25, 0.3) is 0 Å². The van der Waals surface area contributed by atoms with Crippen LogP contribution in [0.4, 0.5) is 47.6 Å². The number of alkyl halides is 6. The summed E-state index contributed by atoms with van der Waals surface area (Å²) in [4.78, 5) is 22.2. The second-order valence-electron chi connectivity index (χ2n) is 9.42. The Morgan fingerprint density at radius 3 is 2.33 bits per heavy atom. The van der Waals surface area contributed by atoms with Gasteiger partial charge in [-0.2, -0.15) is 31.4 Å². The molecule has 16 heteroatoms. The predicted molar refractivity (Wildman–Crippen MR) is 157 cm³/mol. The van der Waals surface area contributed by atoms with Crippen molar-refractivity contribution in [1.29, 1.82) is 0 Å². The molecule has 5 aromatic rings. The number of aromatic nitrogens is 4. The minimum Gasteiger partial charge on any atom is -0.439 e. The van der Waals surface area contributed by atoms with Crippen LogP contribution in [0.5, 0.6) is 11.6 Å². The van der Waals surface area contributed by atoms with Crippen molar-refractivity contribution >= 4 is 33.9 Å². The van der Waals surface area contributed by atoms with Crippen LogP contribution in [0.1, 0.15) is 24.6 Å². The maximum Gasteiger partial charge on any atom is 0.435 e. The maximum atomic E-state index is 13.4. The van der Waals surface area contributed by atoms with E-state index in [2.05, 4.69) is 37.9 Å². The quantitative estimate of drug-likeness (QED) is 0.138. The van der Waals surface area contributed by atoms with E-state index >= 15 is 0 Å². The number of halogens is 6. The highest BCUT2D eigenvalue weighted by Crippen LogP contribution is 2.35. The van der Waals surface area contributed by atoms with Crippen LogP contribution in [0.25, 0.3) is 16.1 Å². The van der Waals surface area contributed by atoms with Gasteiger partial charge in [0.05, 0.1) is 33.7 Å². The number of ether oxygens (including phenoxy) is 1. The SMILES string of the molecule is CCCNc1ncc(-c2ccc(Oc3ccc(NC(=O)Nc4cc(C(F)(F)F)ccc4-n4ccc(C(F)(F)F)n4)cn3)cc2)s1.